The van der Waals surface area contributed by atoms with Crippen LogP contribution in [0.4, 0.5) is 5.82 Å². The maximum absolute atomic E-state index is 11.9. The zero-order chi connectivity index (χ0) is 15.4. The van der Waals surface area contributed by atoms with E-state index in [1.807, 2.05) is 42.2 Å². The number of pyridine rings is 1. The average molecular weight is 282 g/mol. The van der Waals surface area contributed by atoms with E-state index < -0.39 is 0 Å². The molecular weight excluding hydrogens is 264 g/mol. The summed E-state index contributed by atoms with van der Waals surface area (Å²) in [5.41, 5.74) is 1.31. The molecule has 0 unspecified atom stereocenters. The molecule has 21 heavy (non-hydrogen) atoms. The van der Waals surface area contributed by atoms with Gasteiger partial charge in [-0.3, -0.25) is 4.79 Å². The van der Waals surface area contributed by atoms with Crippen molar-refractivity contribution in [1.82, 2.24) is 9.88 Å². The molecule has 0 bridgehead atoms. The van der Waals surface area contributed by atoms with E-state index in [0.717, 1.165) is 10.9 Å². The van der Waals surface area contributed by atoms with E-state index in [-0.39, 0.29) is 12.5 Å². The van der Waals surface area contributed by atoms with Gasteiger partial charge in [0.05, 0.1) is 17.6 Å². The molecule has 2 aromatic rings. The van der Waals surface area contributed by atoms with Gasteiger partial charge in [0.25, 0.3) is 0 Å². The van der Waals surface area contributed by atoms with Crippen molar-refractivity contribution in [2.45, 2.75) is 6.92 Å². The summed E-state index contributed by atoms with van der Waals surface area (Å²) in [4.78, 5) is 19.8. The van der Waals surface area contributed by atoms with Crippen LogP contribution in [0.2, 0.25) is 0 Å². The number of carbonyl (C=O) groups is 1. The molecule has 1 heterocycles. The first kappa shape index (κ1) is 14.8. The summed E-state index contributed by atoms with van der Waals surface area (Å²) in [6.45, 7) is 2.77. The Balaban J connectivity index is 2.47. The maximum Gasteiger partial charge on any atom is 0.241 e. The molecule has 0 aliphatic rings. The molecule has 0 atom stereocenters. The molecule has 0 radical (unpaired) electrons. The van der Waals surface area contributed by atoms with Crippen molar-refractivity contribution in [2.75, 3.05) is 32.1 Å². The lowest BCUT2D eigenvalue weighted by Gasteiger charge is -2.24. The molecule has 108 valence electrons. The SMILES string of the molecule is CCN(CC(=O)N(C)C)c1nc2ccccc2cc1C#N. The van der Waals surface area contributed by atoms with Gasteiger partial charge in [-0.15, -0.1) is 0 Å². The van der Waals surface area contributed by atoms with Gasteiger partial charge in [0.2, 0.25) is 5.91 Å². The number of anilines is 1. The topological polar surface area (TPSA) is 60.2 Å². The second kappa shape index (κ2) is 6.23. The van der Waals surface area contributed by atoms with Crippen molar-refractivity contribution in [3.05, 3.63) is 35.9 Å². The van der Waals surface area contributed by atoms with Crippen LogP contribution in [0.5, 0.6) is 0 Å². The second-order valence-electron chi connectivity index (χ2n) is 4.97. The zero-order valence-electron chi connectivity index (χ0n) is 12.5. The first-order valence-electron chi connectivity index (χ1n) is 6.81. The van der Waals surface area contributed by atoms with Gasteiger partial charge in [-0.25, -0.2) is 4.98 Å². The van der Waals surface area contributed by atoms with Crippen LogP contribution in [-0.2, 0) is 4.79 Å². The lowest BCUT2D eigenvalue weighted by molar-refractivity contribution is -0.127. The predicted octanol–water partition coefficient (Wildman–Crippen LogP) is 2.02. The van der Waals surface area contributed by atoms with E-state index in [0.29, 0.717) is 17.9 Å². The van der Waals surface area contributed by atoms with Crippen LogP contribution >= 0.6 is 0 Å². The summed E-state index contributed by atoms with van der Waals surface area (Å²) >= 11 is 0. The van der Waals surface area contributed by atoms with Crippen molar-refractivity contribution in [1.29, 1.82) is 5.26 Å². The number of aromatic nitrogens is 1. The fourth-order valence-corrected chi connectivity index (χ4v) is 2.07. The number of hydrogen-bond donors (Lipinski definition) is 0. The van der Waals surface area contributed by atoms with Gasteiger partial charge < -0.3 is 9.80 Å². The van der Waals surface area contributed by atoms with Crippen molar-refractivity contribution >= 4 is 22.6 Å². The van der Waals surface area contributed by atoms with Gasteiger partial charge in [-0.05, 0) is 19.1 Å². The number of benzene rings is 1. The van der Waals surface area contributed by atoms with Gasteiger partial charge in [-0.1, -0.05) is 18.2 Å². The van der Waals surface area contributed by atoms with Gasteiger partial charge in [0.15, 0.2) is 0 Å². The molecule has 1 amide bonds. The molecule has 1 aromatic carbocycles. The number of carbonyl (C=O) groups excluding carboxylic acids is 1. The normalized spacial score (nSPS) is 10.2. The number of likely N-dealkylation sites (N-methyl/N-ethyl adjacent to an activating group) is 2. The van der Waals surface area contributed by atoms with Gasteiger partial charge in [0, 0.05) is 26.0 Å². The summed E-state index contributed by atoms with van der Waals surface area (Å²) in [6.07, 6.45) is 0. The molecule has 1 aromatic heterocycles. The van der Waals surface area contributed by atoms with Gasteiger partial charge in [0.1, 0.15) is 11.9 Å². The van der Waals surface area contributed by atoms with E-state index in [2.05, 4.69) is 11.1 Å². The Kier molecular flexibility index (Phi) is 4.39. The Morgan fingerprint density at radius 1 is 1.33 bits per heavy atom. The molecule has 0 N–H and O–H groups in total. The van der Waals surface area contributed by atoms with Crippen molar-refractivity contribution in [3.8, 4) is 6.07 Å². The third-order valence-electron chi connectivity index (χ3n) is 3.33. The quantitative estimate of drug-likeness (QED) is 0.860. The van der Waals surface area contributed by atoms with Crippen LogP contribution < -0.4 is 4.90 Å². The summed E-state index contributed by atoms with van der Waals surface area (Å²) in [5, 5.41) is 10.3. The largest absolute Gasteiger partial charge is 0.347 e. The summed E-state index contributed by atoms with van der Waals surface area (Å²) < 4.78 is 0. The summed E-state index contributed by atoms with van der Waals surface area (Å²) in [5.74, 6) is 0.546. The van der Waals surface area contributed by atoms with Gasteiger partial charge >= 0.3 is 0 Å². The van der Waals surface area contributed by atoms with Crippen molar-refractivity contribution in [3.63, 3.8) is 0 Å². The van der Waals surface area contributed by atoms with E-state index in [1.165, 1.54) is 4.90 Å². The summed E-state index contributed by atoms with van der Waals surface area (Å²) in [7, 11) is 3.43. The molecule has 2 rings (SSSR count). The highest BCUT2D eigenvalue weighted by Gasteiger charge is 2.17. The fourth-order valence-electron chi connectivity index (χ4n) is 2.07. The Bertz CT molecular complexity index is 703. The standard InChI is InChI=1S/C16H18N4O/c1-4-20(11-15(21)19(2)3)16-13(10-17)9-12-7-5-6-8-14(12)18-16/h5-9H,4,11H2,1-3H3. The Morgan fingerprint density at radius 3 is 2.67 bits per heavy atom. The number of amides is 1. The maximum atomic E-state index is 11.9. The first-order valence-corrected chi connectivity index (χ1v) is 6.81. The average Bonchev–Trinajstić information content (AvgIpc) is 2.50. The van der Waals surface area contributed by atoms with Gasteiger partial charge in [-0.2, -0.15) is 5.26 Å². The molecule has 5 heteroatoms. The van der Waals surface area contributed by atoms with Crippen LogP contribution in [0.3, 0.4) is 0 Å². The minimum absolute atomic E-state index is 0.0179. The Labute approximate surface area is 124 Å². The zero-order valence-corrected chi connectivity index (χ0v) is 12.5. The van der Waals surface area contributed by atoms with Crippen LogP contribution in [0.1, 0.15) is 12.5 Å². The predicted molar refractivity (Wildman–Crippen MR) is 83.0 cm³/mol. The highest BCUT2D eigenvalue weighted by molar-refractivity contribution is 5.85. The molecule has 0 spiro atoms. The van der Waals surface area contributed by atoms with Crippen LogP contribution in [0.15, 0.2) is 30.3 Å². The highest BCUT2D eigenvalue weighted by Crippen LogP contribution is 2.23. The van der Waals surface area contributed by atoms with Crippen molar-refractivity contribution in [2.24, 2.45) is 0 Å². The van der Waals surface area contributed by atoms with Crippen LogP contribution in [0.25, 0.3) is 10.9 Å². The first-order chi connectivity index (χ1) is 10.1. The number of nitriles is 1. The molecule has 0 aliphatic heterocycles. The Hall–Kier alpha value is -2.61. The highest BCUT2D eigenvalue weighted by atomic mass is 16.2. The fraction of sp³-hybridized carbons (Fsp3) is 0.312. The van der Waals surface area contributed by atoms with E-state index in [1.54, 1.807) is 14.1 Å². The van der Waals surface area contributed by atoms with Crippen molar-refractivity contribution < 1.29 is 4.79 Å². The lowest BCUT2D eigenvalue weighted by Crippen LogP contribution is -2.37. The van der Waals surface area contributed by atoms with E-state index >= 15 is 0 Å². The third-order valence-corrected chi connectivity index (χ3v) is 3.33. The number of hydrogen-bond acceptors (Lipinski definition) is 4. The molecule has 0 saturated heterocycles. The monoisotopic (exact) mass is 282 g/mol. The van der Waals surface area contributed by atoms with Crippen LogP contribution in [-0.4, -0.2) is 43.0 Å². The number of fused-ring (bicyclic) bond motifs is 1. The molecule has 0 saturated carbocycles. The number of nitrogens with zero attached hydrogens (tertiary/aromatic N) is 4. The minimum Gasteiger partial charge on any atom is -0.347 e. The number of rotatable bonds is 4. The molecule has 0 aliphatic carbocycles. The minimum atomic E-state index is -0.0179. The molecule has 0 fully saturated rings. The van der Waals surface area contributed by atoms with E-state index in [9.17, 15) is 10.1 Å². The smallest absolute Gasteiger partial charge is 0.241 e. The van der Waals surface area contributed by atoms with Crippen LogP contribution in [0, 0.1) is 11.3 Å². The Morgan fingerprint density at radius 2 is 2.05 bits per heavy atom. The number of para-hydroxylation sites is 1. The summed E-state index contributed by atoms with van der Waals surface area (Å²) in [6, 6.07) is 11.6. The molecular formula is C16H18N4O. The lowest BCUT2D eigenvalue weighted by atomic mass is 10.1. The third kappa shape index (κ3) is 3.11. The van der Waals surface area contributed by atoms with E-state index in [4.69, 9.17) is 0 Å². The molecule has 5 nitrogen and oxygen atoms in total. The second-order valence-corrected chi connectivity index (χ2v) is 4.97.